The van der Waals surface area contributed by atoms with Crippen molar-refractivity contribution in [1.29, 1.82) is 0 Å². The van der Waals surface area contributed by atoms with Crippen LogP contribution < -0.4 is 16.4 Å². The minimum Gasteiger partial charge on any atom is -0.444 e. The second kappa shape index (κ2) is 7.66. The van der Waals surface area contributed by atoms with Crippen molar-refractivity contribution >= 4 is 12.0 Å². The van der Waals surface area contributed by atoms with Gasteiger partial charge in [0.2, 0.25) is 5.91 Å². The Bertz CT molecular complexity index is 578. The molecule has 0 spiro atoms. The summed E-state index contributed by atoms with van der Waals surface area (Å²) in [5, 5.41) is 6.44. The predicted octanol–water partition coefficient (Wildman–Crippen LogP) is 2.32. The van der Waals surface area contributed by atoms with E-state index in [1.807, 2.05) is 32.9 Å². The van der Waals surface area contributed by atoms with Crippen LogP contribution in [0, 0.1) is 0 Å². The number of primary amides is 1. The van der Waals surface area contributed by atoms with E-state index in [4.69, 9.17) is 10.5 Å². The van der Waals surface area contributed by atoms with Crippen molar-refractivity contribution < 1.29 is 14.3 Å². The van der Waals surface area contributed by atoms with Crippen LogP contribution in [-0.2, 0) is 11.3 Å². The maximum atomic E-state index is 11.9. The summed E-state index contributed by atoms with van der Waals surface area (Å²) >= 11 is 0. The first-order valence-corrected chi connectivity index (χ1v) is 8.36. The third kappa shape index (κ3) is 5.53. The summed E-state index contributed by atoms with van der Waals surface area (Å²) in [4.78, 5) is 23.0. The van der Waals surface area contributed by atoms with Gasteiger partial charge in [0.15, 0.2) is 0 Å². The number of carbonyl (C=O) groups is 2. The number of hydrogen-bond donors (Lipinski definition) is 3. The summed E-state index contributed by atoms with van der Waals surface area (Å²) in [6.45, 7) is 6.24. The summed E-state index contributed by atoms with van der Waals surface area (Å²) in [6, 6.07) is 7.52. The second-order valence-corrected chi connectivity index (χ2v) is 7.23. The fraction of sp³-hybridized carbons (Fsp3) is 0.556. The average Bonchev–Trinajstić information content (AvgIpc) is 2.90. The molecule has 132 valence electrons. The van der Waals surface area contributed by atoms with Crippen LogP contribution in [0.15, 0.2) is 24.3 Å². The Morgan fingerprint density at radius 1 is 1.17 bits per heavy atom. The van der Waals surface area contributed by atoms with Crippen molar-refractivity contribution in [2.24, 2.45) is 5.73 Å². The molecule has 0 bridgehead atoms. The number of carbonyl (C=O) groups excluding carboxylic acids is 2. The largest absolute Gasteiger partial charge is 0.444 e. The Kier molecular flexibility index (Phi) is 5.83. The molecule has 0 heterocycles. The molecule has 2 atom stereocenters. The van der Waals surface area contributed by atoms with Crippen molar-refractivity contribution in [2.45, 2.75) is 64.3 Å². The zero-order valence-electron chi connectivity index (χ0n) is 14.6. The van der Waals surface area contributed by atoms with E-state index in [9.17, 15) is 9.59 Å². The number of nitrogens with one attached hydrogen (secondary N) is 2. The summed E-state index contributed by atoms with van der Waals surface area (Å²) < 4.78 is 5.32. The molecule has 1 aromatic rings. The van der Waals surface area contributed by atoms with Gasteiger partial charge in [-0.3, -0.25) is 4.79 Å². The van der Waals surface area contributed by atoms with Gasteiger partial charge in [-0.25, -0.2) is 4.79 Å². The molecular formula is C18H27N3O3. The molecule has 2 unspecified atom stereocenters. The normalized spacial score (nSPS) is 20.6. The van der Waals surface area contributed by atoms with Crippen LogP contribution in [0.3, 0.4) is 0 Å². The molecule has 6 nitrogen and oxygen atoms in total. The lowest BCUT2D eigenvalue weighted by Crippen LogP contribution is -2.47. The average molecular weight is 333 g/mol. The number of hydrogen-bond acceptors (Lipinski definition) is 4. The predicted molar refractivity (Wildman–Crippen MR) is 92.6 cm³/mol. The third-order valence-corrected chi connectivity index (χ3v) is 4.02. The summed E-state index contributed by atoms with van der Waals surface area (Å²) in [7, 11) is 0. The van der Waals surface area contributed by atoms with Gasteiger partial charge >= 0.3 is 6.09 Å². The smallest absolute Gasteiger partial charge is 0.407 e. The van der Waals surface area contributed by atoms with Crippen molar-refractivity contribution in [2.75, 3.05) is 0 Å². The van der Waals surface area contributed by atoms with Gasteiger partial charge in [-0.2, -0.15) is 0 Å². The number of nitrogens with two attached hydrogens (primary N) is 1. The van der Waals surface area contributed by atoms with Gasteiger partial charge in [-0.05, 0) is 57.7 Å². The molecule has 0 radical (unpaired) electrons. The second-order valence-electron chi connectivity index (χ2n) is 7.23. The molecule has 24 heavy (non-hydrogen) atoms. The number of alkyl carbamates (subject to hydrolysis) is 1. The Hall–Kier alpha value is -2.08. The van der Waals surface area contributed by atoms with Crippen LogP contribution >= 0.6 is 0 Å². The topological polar surface area (TPSA) is 93.4 Å². The highest BCUT2D eigenvalue weighted by molar-refractivity contribution is 5.92. The Labute approximate surface area is 143 Å². The molecule has 1 saturated carbocycles. The van der Waals surface area contributed by atoms with Gasteiger partial charge in [-0.15, -0.1) is 0 Å². The SMILES string of the molecule is CC(C)(C)OC(=O)NC1CCCC1NCc1ccc(C(N)=O)cc1. The van der Waals surface area contributed by atoms with E-state index < -0.39 is 11.5 Å². The molecule has 1 aliphatic rings. The first-order chi connectivity index (χ1) is 11.2. The monoisotopic (exact) mass is 333 g/mol. The van der Waals surface area contributed by atoms with E-state index in [1.165, 1.54) is 0 Å². The van der Waals surface area contributed by atoms with E-state index in [2.05, 4.69) is 10.6 Å². The number of benzene rings is 1. The molecule has 1 aliphatic carbocycles. The van der Waals surface area contributed by atoms with Crippen molar-refractivity contribution in [3.8, 4) is 0 Å². The lowest BCUT2D eigenvalue weighted by molar-refractivity contribution is 0.0498. The van der Waals surface area contributed by atoms with E-state index in [0.717, 1.165) is 24.8 Å². The highest BCUT2D eigenvalue weighted by Gasteiger charge is 2.29. The number of amides is 2. The standard InChI is InChI=1S/C18H27N3O3/c1-18(2,3)24-17(23)21-15-6-4-5-14(15)20-11-12-7-9-13(10-8-12)16(19)22/h7-10,14-15,20H,4-6,11H2,1-3H3,(H2,19,22)(H,21,23). The number of ether oxygens (including phenoxy) is 1. The molecule has 2 amide bonds. The van der Waals surface area contributed by atoms with Crippen LogP contribution in [0.25, 0.3) is 0 Å². The molecule has 0 aromatic heterocycles. The maximum Gasteiger partial charge on any atom is 0.407 e. The zero-order valence-corrected chi connectivity index (χ0v) is 14.6. The molecule has 0 saturated heterocycles. The van der Waals surface area contributed by atoms with Gasteiger partial charge in [0.25, 0.3) is 0 Å². The molecule has 4 N–H and O–H groups in total. The first kappa shape index (κ1) is 18.3. The minimum atomic E-state index is -0.492. The van der Waals surface area contributed by atoms with E-state index >= 15 is 0 Å². The Balaban J connectivity index is 1.85. The van der Waals surface area contributed by atoms with Crippen LogP contribution in [0.5, 0.6) is 0 Å². The van der Waals surface area contributed by atoms with Crippen LogP contribution in [0.4, 0.5) is 4.79 Å². The molecule has 6 heteroatoms. The highest BCUT2D eigenvalue weighted by atomic mass is 16.6. The molecule has 1 aromatic carbocycles. The minimum absolute atomic E-state index is 0.0738. The van der Waals surface area contributed by atoms with Gasteiger partial charge < -0.3 is 21.1 Å². The van der Waals surface area contributed by atoms with Crippen LogP contribution in [0.2, 0.25) is 0 Å². The van der Waals surface area contributed by atoms with Crippen LogP contribution in [0.1, 0.15) is 56.0 Å². The first-order valence-electron chi connectivity index (χ1n) is 8.36. The van der Waals surface area contributed by atoms with Gasteiger partial charge in [0.1, 0.15) is 5.60 Å². The quantitative estimate of drug-likeness (QED) is 0.771. The lowest BCUT2D eigenvalue weighted by atomic mass is 10.1. The fourth-order valence-corrected chi connectivity index (χ4v) is 2.87. The van der Waals surface area contributed by atoms with Gasteiger partial charge in [-0.1, -0.05) is 12.1 Å². The molecule has 0 aliphatic heterocycles. The van der Waals surface area contributed by atoms with Gasteiger partial charge in [0.05, 0.1) is 0 Å². The third-order valence-electron chi connectivity index (χ3n) is 4.02. The summed E-state index contributed by atoms with van der Waals surface area (Å²) in [6.07, 6.45) is 2.66. The van der Waals surface area contributed by atoms with E-state index in [1.54, 1.807) is 12.1 Å². The van der Waals surface area contributed by atoms with Crippen molar-refractivity contribution in [3.63, 3.8) is 0 Å². The molecule has 2 rings (SSSR count). The maximum absolute atomic E-state index is 11.9. The molecular weight excluding hydrogens is 306 g/mol. The summed E-state index contributed by atoms with van der Waals surface area (Å²) in [5.74, 6) is -0.424. The zero-order chi connectivity index (χ0) is 17.7. The highest BCUT2D eigenvalue weighted by Crippen LogP contribution is 2.20. The van der Waals surface area contributed by atoms with Crippen molar-refractivity contribution in [1.82, 2.24) is 10.6 Å². The fourth-order valence-electron chi connectivity index (χ4n) is 2.87. The van der Waals surface area contributed by atoms with Crippen molar-refractivity contribution in [3.05, 3.63) is 35.4 Å². The van der Waals surface area contributed by atoms with E-state index in [-0.39, 0.29) is 18.2 Å². The van der Waals surface area contributed by atoms with Gasteiger partial charge in [0, 0.05) is 24.2 Å². The Morgan fingerprint density at radius 3 is 2.38 bits per heavy atom. The lowest BCUT2D eigenvalue weighted by Gasteiger charge is -2.25. The summed E-state index contributed by atoms with van der Waals surface area (Å²) in [5.41, 5.74) is 6.32. The van der Waals surface area contributed by atoms with Crippen LogP contribution in [-0.4, -0.2) is 29.7 Å². The molecule has 1 fully saturated rings. The number of rotatable bonds is 5. The van der Waals surface area contributed by atoms with E-state index in [0.29, 0.717) is 12.1 Å². The Morgan fingerprint density at radius 2 is 1.79 bits per heavy atom.